The average Bonchev–Trinajstić information content (AvgIpc) is 2.39. The Hall–Kier alpha value is -1.46. The number of hydrogen-bond donors (Lipinski definition) is 1. The Bertz CT molecular complexity index is 367. The van der Waals surface area contributed by atoms with Crippen LogP contribution in [0.2, 0.25) is 0 Å². The molecule has 1 rings (SSSR count). The first-order valence-electron chi connectivity index (χ1n) is 6.24. The van der Waals surface area contributed by atoms with Crippen molar-refractivity contribution in [2.24, 2.45) is 0 Å². The molecule has 0 saturated heterocycles. The van der Waals surface area contributed by atoms with E-state index in [0.717, 1.165) is 37.9 Å². The molecular weight excluding hydrogens is 210 g/mol. The molecule has 17 heavy (non-hydrogen) atoms. The van der Waals surface area contributed by atoms with E-state index in [0.29, 0.717) is 6.61 Å². The number of aliphatic hydroxyl groups excluding tert-OH is 1. The number of hydrogen-bond acceptors (Lipinski definition) is 2. The maximum absolute atomic E-state index is 8.74. The Labute approximate surface area is 104 Å². The molecule has 0 fully saturated rings. The van der Waals surface area contributed by atoms with Crippen molar-refractivity contribution in [3.63, 3.8) is 0 Å². The van der Waals surface area contributed by atoms with Crippen molar-refractivity contribution in [3.05, 3.63) is 29.8 Å². The van der Waals surface area contributed by atoms with Gasteiger partial charge in [0.1, 0.15) is 0 Å². The van der Waals surface area contributed by atoms with Gasteiger partial charge in [-0.3, -0.25) is 0 Å². The Kier molecular flexibility index (Phi) is 6.21. The van der Waals surface area contributed by atoms with E-state index in [1.54, 1.807) is 0 Å². The maximum Gasteiger partial charge on any atom is 0.0431 e. The van der Waals surface area contributed by atoms with Gasteiger partial charge >= 0.3 is 0 Å². The molecule has 2 nitrogen and oxygen atoms in total. The predicted octanol–water partition coefficient (Wildman–Crippen LogP) is 2.66. The van der Waals surface area contributed by atoms with Gasteiger partial charge < -0.3 is 10.0 Å². The smallest absolute Gasteiger partial charge is 0.0431 e. The van der Waals surface area contributed by atoms with Crippen LogP contribution >= 0.6 is 0 Å². The van der Waals surface area contributed by atoms with E-state index in [1.165, 1.54) is 5.69 Å². The summed E-state index contributed by atoms with van der Waals surface area (Å²) in [6.45, 7) is 4.44. The zero-order chi connectivity index (χ0) is 12.5. The van der Waals surface area contributed by atoms with Gasteiger partial charge in [-0.15, -0.1) is 6.42 Å². The van der Waals surface area contributed by atoms with Gasteiger partial charge in [-0.2, -0.15) is 0 Å². The minimum atomic E-state index is 0.290. The second kappa shape index (κ2) is 7.76. The van der Waals surface area contributed by atoms with Crippen molar-refractivity contribution >= 4 is 5.69 Å². The van der Waals surface area contributed by atoms with Crippen LogP contribution in [0.15, 0.2) is 24.3 Å². The first-order chi connectivity index (χ1) is 8.31. The highest BCUT2D eigenvalue weighted by molar-refractivity contribution is 5.52. The topological polar surface area (TPSA) is 23.5 Å². The van der Waals surface area contributed by atoms with Crippen LogP contribution < -0.4 is 4.90 Å². The van der Waals surface area contributed by atoms with Crippen molar-refractivity contribution in [3.8, 4) is 12.3 Å². The van der Waals surface area contributed by atoms with Crippen LogP contribution in [-0.4, -0.2) is 24.8 Å². The molecule has 92 valence electrons. The van der Waals surface area contributed by atoms with E-state index in [2.05, 4.69) is 29.9 Å². The highest BCUT2D eigenvalue weighted by atomic mass is 16.2. The fourth-order valence-electron chi connectivity index (χ4n) is 1.85. The third-order valence-corrected chi connectivity index (χ3v) is 2.85. The van der Waals surface area contributed by atoms with Crippen LogP contribution in [-0.2, 0) is 0 Å². The molecule has 0 aliphatic rings. The lowest BCUT2D eigenvalue weighted by Crippen LogP contribution is -2.23. The van der Waals surface area contributed by atoms with Crippen LogP contribution in [0.25, 0.3) is 0 Å². The second-order valence-corrected chi connectivity index (χ2v) is 4.06. The standard InChI is InChI=1S/C15H21NO/c1-3-14-9-8-10-15(13-14)16(4-2)11-6-5-7-12-17/h1,8-10,13,17H,4-7,11-12H2,2H3. The van der Waals surface area contributed by atoms with Gasteiger partial charge in [-0.25, -0.2) is 0 Å². The quantitative estimate of drug-likeness (QED) is 0.576. The van der Waals surface area contributed by atoms with Gasteiger partial charge in [0.25, 0.3) is 0 Å². The largest absolute Gasteiger partial charge is 0.396 e. The van der Waals surface area contributed by atoms with Gasteiger partial charge in [0.2, 0.25) is 0 Å². The lowest BCUT2D eigenvalue weighted by molar-refractivity contribution is 0.283. The van der Waals surface area contributed by atoms with Crippen molar-refractivity contribution in [2.45, 2.75) is 26.2 Å². The van der Waals surface area contributed by atoms with Crippen LogP contribution in [0.1, 0.15) is 31.7 Å². The van der Waals surface area contributed by atoms with Crippen molar-refractivity contribution in [1.29, 1.82) is 0 Å². The van der Waals surface area contributed by atoms with Crippen LogP contribution in [0.3, 0.4) is 0 Å². The minimum absolute atomic E-state index is 0.290. The van der Waals surface area contributed by atoms with E-state index in [4.69, 9.17) is 11.5 Å². The summed E-state index contributed by atoms with van der Waals surface area (Å²) >= 11 is 0. The third-order valence-electron chi connectivity index (χ3n) is 2.85. The number of anilines is 1. The second-order valence-electron chi connectivity index (χ2n) is 4.06. The molecule has 1 N–H and O–H groups in total. The molecule has 0 amide bonds. The molecule has 1 aromatic rings. The van der Waals surface area contributed by atoms with E-state index in [9.17, 15) is 0 Å². The Morgan fingerprint density at radius 1 is 1.29 bits per heavy atom. The predicted molar refractivity (Wildman–Crippen MR) is 73.2 cm³/mol. The molecule has 0 bridgehead atoms. The van der Waals surface area contributed by atoms with Gasteiger partial charge in [0.15, 0.2) is 0 Å². The lowest BCUT2D eigenvalue weighted by Gasteiger charge is -2.23. The Balaban J connectivity index is 2.57. The summed E-state index contributed by atoms with van der Waals surface area (Å²) in [5.74, 6) is 2.66. The number of benzene rings is 1. The molecule has 0 saturated carbocycles. The van der Waals surface area contributed by atoms with Crippen molar-refractivity contribution in [2.75, 3.05) is 24.6 Å². The van der Waals surface area contributed by atoms with E-state index in [1.807, 2.05) is 12.1 Å². The van der Waals surface area contributed by atoms with Crippen LogP contribution in [0.4, 0.5) is 5.69 Å². The Morgan fingerprint density at radius 3 is 2.76 bits per heavy atom. The SMILES string of the molecule is C#Cc1cccc(N(CC)CCCCCO)c1. The first-order valence-corrected chi connectivity index (χ1v) is 6.24. The summed E-state index contributed by atoms with van der Waals surface area (Å²) in [7, 11) is 0. The Morgan fingerprint density at radius 2 is 2.12 bits per heavy atom. The third kappa shape index (κ3) is 4.50. The molecule has 0 radical (unpaired) electrons. The van der Waals surface area contributed by atoms with E-state index < -0.39 is 0 Å². The van der Waals surface area contributed by atoms with E-state index in [-0.39, 0.29) is 0 Å². The fraction of sp³-hybridized carbons (Fsp3) is 0.467. The number of rotatable bonds is 7. The molecule has 2 heteroatoms. The zero-order valence-electron chi connectivity index (χ0n) is 10.5. The number of aliphatic hydroxyl groups is 1. The molecule has 1 aromatic carbocycles. The molecule has 0 heterocycles. The fourth-order valence-corrected chi connectivity index (χ4v) is 1.85. The molecular formula is C15H21NO. The lowest BCUT2D eigenvalue weighted by atomic mass is 10.1. The summed E-state index contributed by atoms with van der Waals surface area (Å²) in [6.07, 6.45) is 8.47. The highest BCUT2D eigenvalue weighted by Crippen LogP contribution is 2.16. The number of nitrogens with zero attached hydrogens (tertiary/aromatic N) is 1. The molecule has 0 aromatic heterocycles. The monoisotopic (exact) mass is 231 g/mol. The average molecular weight is 231 g/mol. The van der Waals surface area contributed by atoms with Gasteiger partial charge in [0.05, 0.1) is 0 Å². The molecule has 0 spiro atoms. The summed E-state index contributed by atoms with van der Waals surface area (Å²) < 4.78 is 0. The van der Waals surface area contributed by atoms with Gasteiger partial charge in [0, 0.05) is 30.9 Å². The molecule has 0 atom stereocenters. The van der Waals surface area contributed by atoms with Crippen molar-refractivity contribution in [1.82, 2.24) is 0 Å². The van der Waals surface area contributed by atoms with Gasteiger partial charge in [-0.1, -0.05) is 12.0 Å². The summed E-state index contributed by atoms with van der Waals surface area (Å²) in [4.78, 5) is 2.32. The minimum Gasteiger partial charge on any atom is -0.396 e. The molecule has 0 unspecified atom stereocenters. The van der Waals surface area contributed by atoms with Gasteiger partial charge in [-0.05, 0) is 44.4 Å². The molecule has 0 aliphatic heterocycles. The summed E-state index contributed by atoms with van der Waals surface area (Å²) in [5, 5.41) is 8.74. The number of terminal acetylenes is 1. The zero-order valence-corrected chi connectivity index (χ0v) is 10.5. The normalized spacial score (nSPS) is 9.94. The summed E-state index contributed by atoms with van der Waals surface area (Å²) in [5.41, 5.74) is 2.11. The summed E-state index contributed by atoms with van der Waals surface area (Å²) in [6, 6.07) is 8.09. The van der Waals surface area contributed by atoms with E-state index >= 15 is 0 Å². The number of unbranched alkanes of at least 4 members (excludes halogenated alkanes) is 2. The maximum atomic E-state index is 8.74. The van der Waals surface area contributed by atoms with Crippen molar-refractivity contribution < 1.29 is 5.11 Å². The highest BCUT2D eigenvalue weighted by Gasteiger charge is 2.03. The van der Waals surface area contributed by atoms with Crippen LogP contribution in [0.5, 0.6) is 0 Å². The molecule has 0 aliphatic carbocycles. The van der Waals surface area contributed by atoms with Crippen LogP contribution in [0, 0.1) is 12.3 Å². The first kappa shape index (κ1) is 13.6.